The lowest BCUT2D eigenvalue weighted by molar-refractivity contribution is -0.0565. The quantitative estimate of drug-likeness (QED) is 0.169. The summed E-state index contributed by atoms with van der Waals surface area (Å²) >= 11 is 3.32. The summed E-state index contributed by atoms with van der Waals surface area (Å²) in [5.74, 6) is 0.196. The Morgan fingerprint density at radius 1 is 1.21 bits per heavy atom. The smallest absolute Gasteiger partial charge is 0.410 e. The van der Waals surface area contributed by atoms with Crippen molar-refractivity contribution in [1.29, 1.82) is 0 Å². The van der Waals surface area contributed by atoms with E-state index in [9.17, 15) is 9.59 Å². The van der Waals surface area contributed by atoms with Crippen molar-refractivity contribution >= 4 is 41.6 Å². The Labute approximate surface area is 238 Å². The van der Waals surface area contributed by atoms with E-state index in [1.54, 1.807) is 9.63 Å². The van der Waals surface area contributed by atoms with Crippen LogP contribution in [0.4, 0.5) is 10.5 Å². The number of carbonyl (C=O) groups excluding carboxylic acids is 1. The van der Waals surface area contributed by atoms with Gasteiger partial charge in [-0.2, -0.15) is 9.50 Å². The minimum Gasteiger partial charge on any atom is -0.444 e. The molecule has 14 heteroatoms. The van der Waals surface area contributed by atoms with Gasteiger partial charge >= 0.3 is 6.09 Å². The van der Waals surface area contributed by atoms with E-state index in [0.717, 1.165) is 12.5 Å². The molecule has 4 rings (SSSR count). The number of anilines is 1. The first-order chi connectivity index (χ1) is 18.2. The first kappa shape index (κ1) is 29.8. The van der Waals surface area contributed by atoms with Gasteiger partial charge in [0.2, 0.25) is 11.5 Å². The highest BCUT2D eigenvalue weighted by molar-refractivity contribution is 9.10. The maximum Gasteiger partial charge on any atom is 0.410 e. The average Bonchev–Trinajstić information content (AvgIpc) is 3.55. The Morgan fingerprint density at radius 3 is 2.46 bits per heavy atom. The van der Waals surface area contributed by atoms with Crippen LogP contribution in [0.15, 0.2) is 9.53 Å². The number of hydrogen-bond donors (Lipinski definition) is 0. The number of amides is 1. The minimum absolute atomic E-state index is 0.0129. The van der Waals surface area contributed by atoms with Crippen LogP contribution in [0, 0.1) is 0 Å². The molecule has 39 heavy (non-hydrogen) atoms. The number of piperazine rings is 1. The summed E-state index contributed by atoms with van der Waals surface area (Å²) in [5.41, 5.74) is 0.323. The molecule has 0 radical (unpaired) electrons. The van der Waals surface area contributed by atoms with Gasteiger partial charge in [-0.05, 0) is 49.2 Å². The van der Waals surface area contributed by atoms with Gasteiger partial charge in [0.05, 0.1) is 18.4 Å². The maximum atomic E-state index is 13.9. The highest BCUT2D eigenvalue weighted by Gasteiger charge is 2.35. The molecule has 0 bridgehead atoms. The number of aromatic nitrogens is 4. The third kappa shape index (κ3) is 7.73. The zero-order valence-electron chi connectivity index (χ0n) is 24.0. The van der Waals surface area contributed by atoms with E-state index in [1.807, 2.05) is 25.7 Å². The fourth-order valence-corrected chi connectivity index (χ4v) is 5.57. The summed E-state index contributed by atoms with van der Waals surface area (Å²) in [6.07, 6.45) is 0.526. The fraction of sp³-hybridized carbons (Fsp3) is 0.760. The van der Waals surface area contributed by atoms with Crippen LogP contribution in [0.3, 0.4) is 0 Å². The van der Waals surface area contributed by atoms with Gasteiger partial charge in [-0.1, -0.05) is 26.6 Å². The SMILES string of the molecule is CC(CC1CO1)c1c(N2CCN(C(=O)OC(C)(C)C)CC2)c(=O)n2nc(Br)nc2n1OCOCC[Si](C)(C)C. The third-order valence-corrected chi connectivity index (χ3v) is 8.64. The molecule has 2 saturated heterocycles. The van der Waals surface area contributed by atoms with Gasteiger partial charge < -0.3 is 28.8 Å². The number of hydrogen-bond acceptors (Lipinski definition) is 9. The maximum absolute atomic E-state index is 13.9. The number of nitrogens with zero attached hydrogens (tertiary/aromatic N) is 6. The van der Waals surface area contributed by atoms with Crippen LogP contribution in [0.5, 0.6) is 0 Å². The lowest BCUT2D eigenvalue weighted by Crippen LogP contribution is -2.52. The zero-order valence-corrected chi connectivity index (χ0v) is 26.6. The van der Waals surface area contributed by atoms with Crippen LogP contribution in [0.1, 0.15) is 45.7 Å². The summed E-state index contributed by atoms with van der Waals surface area (Å²) in [6, 6.07) is 1.02. The Hall–Kier alpha value is -2.16. The van der Waals surface area contributed by atoms with Gasteiger partial charge in [0, 0.05) is 46.8 Å². The second kappa shape index (κ2) is 11.8. The Kier molecular flexibility index (Phi) is 8.98. The molecule has 0 aromatic carbocycles. The molecule has 1 amide bonds. The molecule has 2 atom stereocenters. The largest absolute Gasteiger partial charge is 0.444 e. The minimum atomic E-state index is -1.25. The van der Waals surface area contributed by atoms with Crippen molar-refractivity contribution in [2.24, 2.45) is 0 Å². The van der Waals surface area contributed by atoms with E-state index in [-0.39, 0.29) is 41.0 Å². The molecule has 2 aromatic rings. The number of carbonyl (C=O) groups is 1. The lowest BCUT2D eigenvalue weighted by Gasteiger charge is -2.37. The number of fused-ring (bicyclic) bond motifs is 1. The van der Waals surface area contributed by atoms with E-state index in [4.69, 9.17) is 19.0 Å². The van der Waals surface area contributed by atoms with Crippen LogP contribution in [0.25, 0.3) is 5.78 Å². The molecular formula is C25H41BrN6O6Si. The summed E-state index contributed by atoms with van der Waals surface area (Å²) in [7, 11) is -1.25. The second-order valence-electron chi connectivity index (χ2n) is 12.4. The molecule has 4 heterocycles. The molecule has 2 aliphatic heterocycles. The predicted molar refractivity (Wildman–Crippen MR) is 153 cm³/mol. The van der Waals surface area contributed by atoms with Crippen molar-refractivity contribution in [3.8, 4) is 0 Å². The molecule has 0 spiro atoms. The van der Waals surface area contributed by atoms with Crippen molar-refractivity contribution in [2.45, 2.75) is 77.4 Å². The van der Waals surface area contributed by atoms with Gasteiger partial charge in [-0.25, -0.2) is 4.79 Å². The van der Waals surface area contributed by atoms with E-state index in [1.165, 1.54) is 4.52 Å². The van der Waals surface area contributed by atoms with E-state index < -0.39 is 13.7 Å². The van der Waals surface area contributed by atoms with Crippen molar-refractivity contribution in [3.05, 3.63) is 20.8 Å². The van der Waals surface area contributed by atoms with Gasteiger partial charge in [-0.15, -0.1) is 9.83 Å². The average molecular weight is 630 g/mol. The molecule has 2 aliphatic rings. The summed E-state index contributed by atoms with van der Waals surface area (Å²) < 4.78 is 20.0. The number of epoxide rings is 1. The first-order valence-corrected chi connectivity index (χ1v) is 18.0. The van der Waals surface area contributed by atoms with Crippen LogP contribution in [-0.4, -0.2) is 96.3 Å². The van der Waals surface area contributed by atoms with Crippen LogP contribution >= 0.6 is 15.9 Å². The molecular weight excluding hydrogens is 588 g/mol. The zero-order chi connectivity index (χ0) is 28.5. The van der Waals surface area contributed by atoms with Crippen LogP contribution in [-0.2, 0) is 14.2 Å². The Bertz CT molecular complexity index is 1230. The van der Waals surface area contributed by atoms with Crippen molar-refractivity contribution < 1.29 is 23.8 Å². The van der Waals surface area contributed by atoms with E-state index in [0.29, 0.717) is 50.8 Å². The molecule has 2 fully saturated rings. The highest BCUT2D eigenvalue weighted by atomic mass is 79.9. The van der Waals surface area contributed by atoms with Gasteiger partial charge in [-0.3, -0.25) is 4.79 Å². The first-order valence-electron chi connectivity index (χ1n) is 13.5. The van der Waals surface area contributed by atoms with Crippen molar-refractivity contribution in [2.75, 3.05) is 51.1 Å². The third-order valence-electron chi connectivity index (χ3n) is 6.60. The topological polar surface area (TPSA) is 116 Å². The molecule has 2 aromatic heterocycles. The summed E-state index contributed by atoms with van der Waals surface area (Å²) in [5, 5.41) is 4.30. The van der Waals surface area contributed by atoms with E-state index >= 15 is 0 Å². The van der Waals surface area contributed by atoms with E-state index in [2.05, 4.69) is 52.6 Å². The molecule has 218 valence electrons. The monoisotopic (exact) mass is 628 g/mol. The standard InChI is InChI=1S/C25H41BrN6O6Si/c1-17(14-18-15-36-18)19-20(29-8-10-30(11-9-29)24(34)38-25(2,3)4)21(33)31-23(27-22(26)28-31)32(19)37-16-35-12-13-39(5,6)7/h17-18H,8-16H2,1-7H3. The Morgan fingerprint density at radius 2 is 1.87 bits per heavy atom. The number of ether oxygens (including phenoxy) is 3. The molecule has 2 unspecified atom stereocenters. The second-order valence-corrected chi connectivity index (χ2v) is 18.8. The van der Waals surface area contributed by atoms with Crippen LogP contribution < -0.4 is 15.3 Å². The summed E-state index contributed by atoms with van der Waals surface area (Å²) in [6.45, 7) is 17.6. The normalized spacial score (nSPS) is 18.9. The Balaban J connectivity index is 1.65. The van der Waals surface area contributed by atoms with Crippen molar-refractivity contribution in [3.63, 3.8) is 0 Å². The van der Waals surface area contributed by atoms with Crippen molar-refractivity contribution in [1.82, 2.24) is 24.2 Å². The number of halogens is 1. The molecule has 0 saturated carbocycles. The molecule has 0 aliphatic carbocycles. The predicted octanol–water partition coefficient (Wildman–Crippen LogP) is 3.34. The van der Waals surface area contributed by atoms with Gasteiger partial charge in [0.25, 0.3) is 11.3 Å². The highest BCUT2D eigenvalue weighted by Crippen LogP contribution is 2.33. The summed E-state index contributed by atoms with van der Waals surface area (Å²) in [4.78, 5) is 40.8. The van der Waals surface area contributed by atoms with Gasteiger partial charge in [0.15, 0.2) is 0 Å². The molecule has 12 nitrogen and oxygen atoms in total. The fourth-order valence-electron chi connectivity index (χ4n) is 4.50. The number of rotatable bonds is 10. The molecule has 0 N–H and O–H groups in total. The van der Waals surface area contributed by atoms with Crippen LogP contribution in [0.2, 0.25) is 25.7 Å². The van der Waals surface area contributed by atoms with Gasteiger partial charge in [0.1, 0.15) is 11.3 Å². The lowest BCUT2D eigenvalue weighted by atomic mass is 9.99.